The Morgan fingerprint density at radius 3 is 3.00 bits per heavy atom. The van der Waals surface area contributed by atoms with Crippen molar-refractivity contribution in [3.8, 4) is 0 Å². The molecule has 0 amide bonds. The molecule has 1 N–H and O–H groups in total. The van der Waals surface area contributed by atoms with Gasteiger partial charge >= 0.3 is 0 Å². The quantitative estimate of drug-likeness (QED) is 0.874. The molecule has 5 heteroatoms. The molecular weight excluding hydrogens is 268 g/mol. The maximum atomic E-state index is 4.48. The molecule has 0 saturated carbocycles. The molecule has 1 aromatic rings. The zero-order chi connectivity index (χ0) is 14.4. The molecule has 1 saturated heterocycles. The van der Waals surface area contributed by atoms with Crippen molar-refractivity contribution < 1.29 is 0 Å². The lowest BCUT2D eigenvalue weighted by molar-refractivity contribution is 0.177. The number of nitrogens with zero attached hydrogens (tertiary/aromatic N) is 3. The second-order valence-corrected chi connectivity index (χ2v) is 6.82. The van der Waals surface area contributed by atoms with Crippen molar-refractivity contribution in [2.24, 2.45) is 0 Å². The molecule has 20 heavy (non-hydrogen) atoms. The number of nitrogens with one attached hydrogen (secondary N) is 1. The highest BCUT2D eigenvalue weighted by atomic mass is 32.1. The third-order valence-corrected chi connectivity index (χ3v) is 4.87. The van der Waals surface area contributed by atoms with Crippen molar-refractivity contribution in [2.45, 2.75) is 45.7 Å². The van der Waals surface area contributed by atoms with Crippen LogP contribution in [0, 0.1) is 0 Å². The van der Waals surface area contributed by atoms with E-state index in [0.29, 0.717) is 6.04 Å². The van der Waals surface area contributed by atoms with E-state index < -0.39 is 0 Å². The summed E-state index contributed by atoms with van der Waals surface area (Å²) in [7, 11) is 2.24. The Bertz CT molecular complexity index is 393. The van der Waals surface area contributed by atoms with E-state index >= 15 is 0 Å². The van der Waals surface area contributed by atoms with E-state index in [9.17, 15) is 0 Å². The van der Waals surface area contributed by atoms with Gasteiger partial charge in [-0.05, 0) is 32.9 Å². The number of hydrogen-bond donors (Lipinski definition) is 1. The van der Waals surface area contributed by atoms with Crippen LogP contribution in [0.25, 0.3) is 0 Å². The summed E-state index contributed by atoms with van der Waals surface area (Å²) in [4.78, 5) is 11.0. The number of rotatable bonds is 6. The maximum Gasteiger partial charge on any atom is 0.182 e. The van der Waals surface area contributed by atoms with Crippen LogP contribution >= 0.6 is 11.3 Å². The molecule has 0 bridgehead atoms. The van der Waals surface area contributed by atoms with Crippen molar-refractivity contribution >= 4 is 16.5 Å². The van der Waals surface area contributed by atoms with E-state index in [1.807, 2.05) is 17.5 Å². The fraction of sp³-hybridized carbons (Fsp3) is 0.800. The van der Waals surface area contributed by atoms with Gasteiger partial charge in [0.05, 0.1) is 0 Å². The third kappa shape index (κ3) is 4.43. The Labute approximate surface area is 127 Å². The van der Waals surface area contributed by atoms with E-state index in [1.165, 1.54) is 37.4 Å². The van der Waals surface area contributed by atoms with Gasteiger partial charge in [0.15, 0.2) is 5.13 Å². The van der Waals surface area contributed by atoms with Gasteiger partial charge in [-0.15, -0.1) is 11.3 Å². The minimum Gasteiger partial charge on any atom is -0.362 e. The number of thiazole rings is 1. The number of hydrogen-bond acceptors (Lipinski definition) is 5. The van der Waals surface area contributed by atoms with Crippen LogP contribution in [0.1, 0.15) is 38.0 Å². The number of anilines is 1. The van der Waals surface area contributed by atoms with Gasteiger partial charge in [-0.25, -0.2) is 4.98 Å². The molecular formula is C15H28N4S. The van der Waals surface area contributed by atoms with Gasteiger partial charge in [0.25, 0.3) is 0 Å². The predicted octanol–water partition coefficient (Wildman–Crippen LogP) is 2.88. The molecule has 2 rings (SSSR count). The van der Waals surface area contributed by atoms with Crippen LogP contribution < -0.4 is 5.32 Å². The summed E-state index contributed by atoms with van der Waals surface area (Å²) in [6, 6.07) is 0.677. The Balaban J connectivity index is 1.94. The topological polar surface area (TPSA) is 31.4 Å². The van der Waals surface area contributed by atoms with Gasteiger partial charge in [0.1, 0.15) is 0 Å². The van der Waals surface area contributed by atoms with Crippen LogP contribution in [-0.2, 0) is 6.54 Å². The molecule has 0 spiro atoms. The van der Waals surface area contributed by atoms with Crippen molar-refractivity contribution in [1.82, 2.24) is 14.8 Å². The second-order valence-electron chi connectivity index (χ2n) is 5.71. The smallest absolute Gasteiger partial charge is 0.182 e. The molecule has 1 aromatic heterocycles. The van der Waals surface area contributed by atoms with E-state index in [0.717, 1.165) is 24.6 Å². The minimum atomic E-state index is 0.677. The average Bonchev–Trinajstić information content (AvgIpc) is 2.81. The summed E-state index contributed by atoms with van der Waals surface area (Å²) in [5.74, 6) is 0. The van der Waals surface area contributed by atoms with Crippen molar-refractivity contribution in [1.29, 1.82) is 0 Å². The lowest BCUT2D eigenvalue weighted by atomic mass is 10.2. The van der Waals surface area contributed by atoms with Crippen LogP contribution in [0.5, 0.6) is 0 Å². The summed E-state index contributed by atoms with van der Waals surface area (Å²) >= 11 is 1.81. The molecule has 1 aliphatic heterocycles. The first-order valence-corrected chi connectivity index (χ1v) is 8.65. The number of aromatic nitrogens is 1. The summed E-state index contributed by atoms with van der Waals surface area (Å²) in [6.45, 7) is 10.2. The van der Waals surface area contributed by atoms with Gasteiger partial charge < -0.3 is 10.2 Å². The molecule has 2 heterocycles. The first kappa shape index (κ1) is 15.7. The Morgan fingerprint density at radius 2 is 2.25 bits per heavy atom. The first-order valence-electron chi connectivity index (χ1n) is 7.84. The van der Waals surface area contributed by atoms with Crippen LogP contribution in [0.15, 0.2) is 6.20 Å². The minimum absolute atomic E-state index is 0.677. The molecule has 1 atom stereocenters. The standard InChI is InChI=1S/C15H28N4S/c1-4-7-16-15-17-10-14(20-15)12-19-9-6-8-18(3)11-13(19)5-2/h10,13H,4-9,11-12H2,1-3H3,(H,16,17). The van der Waals surface area contributed by atoms with E-state index in [-0.39, 0.29) is 0 Å². The lowest BCUT2D eigenvalue weighted by Gasteiger charge is -2.29. The van der Waals surface area contributed by atoms with Gasteiger partial charge in [-0.3, -0.25) is 4.90 Å². The molecule has 1 unspecified atom stereocenters. The van der Waals surface area contributed by atoms with Crippen molar-refractivity contribution in [2.75, 3.05) is 38.5 Å². The number of likely N-dealkylation sites (N-methyl/N-ethyl adjacent to an activating group) is 1. The highest BCUT2D eigenvalue weighted by Gasteiger charge is 2.22. The Kier molecular flexibility index (Phi) is 6.26. The zero-order valence-electron chi connectivity index (χ0n) is 13.1. The SMILES string of the molecule is CCCNc1ncc(CN2CCCN(C)CC2CC)s1. The summed E-state index contributed by atoms with van der Waals surface area (Å²) < 4.78 is 0. The van der Waals surface area contributed by atoms with Gasteiger partial charge in [-0.1, -0.05) is 13.8 Å². The van der Waals surface area contributed by atoms with Crippen molar-refractivity contribution in [3.05, 3.63) is 11.1 Å². The fourth-order valence-corrected chi connectivity index (χ4v) is 3.65. The molecule has 0 radical (unpaired) electrons. The molecule has 0 aromatic carbocycles. The van der Waals surface area contributed by atoms with E-state index in [1.54, 1.807) is 0 Å². The van der Waals surface area contributed by atoms with Crippen molar-refractivity contribution in [3.63, 3.8) is 0 Å². The molecule has 1 aliphatic rings. The fourth-order valence-electron chi connectivity index (χ4n) is 2.78. The second kappa shape index (κ2) is 7.96. The summed E-state index contributed by atoms with van der Waals surface area (Å²) in [6.07, 6.45) is 5.69. The summed E-state index contributed by atoms with van der Waals surface area (Å²) in [5, 5.41) is 4.45. The third-order valence-electron chi connectivity index (χ3n) is 3.93. The molecule has 0 aliphatic carbocycles. The van der Waals surface area contributed by atoms with E-state index in [4.69, 9.17) is 0 Å². The predicted molar refractivity (Wildman–Crippen MR) is 87.5 cm³/mol. The van der Waals surface area contributed by atoms with Crippen LogP contribution in [-0.4, -0.2) is 54.1 Å². The lowest BCUT2D eigenvalue weighted by Crippen LogP contribution is -2.39. The highest BCUT2D eigenvalue weighted by Crippen LogP contribution is 2.22. The average molecular weight is 296 g/mol. The molecule has 4 nitrogen and oxygen atoms in total. The van der Waals surface area contributed by atoms with Gasteiger partial charge in [0, 0.05) is 43.3 Å². The van der Waals surface area contributed by atoms with Crippen LogP contribution in [0.3, 0.4) is 0 Å². The Morgan fingerprint density at radius 1 is 1.40 bits per heavy atom. The molecule has 1 fully saturated rings. The van der Waals surface area contributed by atoms with Gasteiger partial charge in [0.2, 0.25) is 0 Å². The monoisotopic (exact) mass is 296 g/mol. The highest BCUT2D eigenvalue weighted by molar-refractivity contribution is 7.15. The normalized spacial score (nSPS) is 21.9. The Hall–Kier alpha value is -0.650. The van der Waals surface area contributed by atoms with Crippen LogP contribution in [0.4, 0.5) is 5.13 Å². The van der Waals surface area contributed by atoms with E-state index in [2.05, 4.69) is 41.0 Å². The van der Waals surface area contributed by atoms with Crippen LogP contribution in [0.2, 0.25) is 0 Å². The summed E-state index contributed by atoms with van der Waals surface area (Å²) in [5.41, 5.74) is 0. The zero-order valence-corrected chi connectivity index (χ0v) is 13.9. The van der Waals surface area contributed by atoms with Gasteiger partial charge in [-0.2, -0.15) is 0 Å². The molecule has 114 valence electrons. The largest absolute Gasteiger partial charge is 0.362 e. The maximum absolute atomic E-state index is 4.48. The first-order chi connectivity index (χ1) is 9.72.